The maximum atomic E-state index is 13.4. The van der Waals surface area contributed by atoms with Gasteiger partial charge in [-0.15, -0.1) is 11.3 Å². The van der Waals surface area contributed by atoms with Crippen LogP contribution in [0.15, 0.2) is 42.5 Å². The Kier molecular flexibility index (Phi) is 4.81. The van der Waals surface area contributed by atoms with E-state index in [0.29, 0.717) is 10.6 Å². The number of anilines is 1. The van der Waals surface area contributed by atoms with E-state index < -0.39 is 0 Å². The number of thiophene rings is 1. The monoisotopic (exact) mass is 356 g/mol. The SMILES string of the molecule is CNC(=O)Cc1ccccc1NC(=O)c1sc2ccc(F)cc2c1C. The first-order valence-corrected chi connectivity index (χ1v) is 8.59. The van der Waals surface area contributed by atoms with Gasteiger partial charge in [0.05, 0.1) is 11.3 Å². The summed E-state index contributed by atoms with van der Waals surface area (Å²) in [5, 5.41) is 6.19. The third kappa shape index (κ3) is 3.53. The summed E-state index contributed by atoms with van der Waals surface area (Å²) in [4.78, 5) is 24.9. The molecule has 4 nitrogen and oxygen atoms in total. The molecular formula is C19H17FN2O2S. The number of halogens is 1. The molecule has 0 bridgehead atoms. The molecule has 128 valence electrons. The van der Waals surface area contributed by atoms with Crippen molar-refractivity contribution in [2.24, 2.45) is 0 Å². The summed E-state index contributed by atoms with van der Waals surface area (Å²) in [7, 11) is 1.57. The lowest BCUT2D eigenvalue weighted by Gasteiger charge is -2.10. The maximum absolute atomic E-state index is 13.4. The molecule has 0 saturated carbocycles. The highest BCUT2D eigenvalue weighted by atomic mass is 32.1. The number of likely N-dealkylation sites (N-methyl/N-ethyl adjacent to an activating group) is 1. The Bertz CT molecular complexity index is 965. The first kappa shape index (κ1) is 17.1. The average molecular weight is 356 g/mol. The highest BCUT2D eigenvalue weighted by Crippen LogP contribution is 2.32. The van der Waals surface area contributed by atoms with Gasteiger partial charge in [0.25, 0.3) is 5.91 Å². The Morgan fingerprint density at radius 2 is 1.92 bits per heavy atom. The van der Waals surface area contributed by atoms with Crippen LogP contribution in [0.5, 0.6) is 0 Å². The van der Waals surface area contributed by atoms with Gasteiger partial charge >= 0.3 is 0 Å². The predicted molar refractivity (Wildman–Crippen MR) is 98.7 cm³/mol. The summed E-state index contributed by atoms with van der Waals surface area (Å²) >= 11 is 1.33. The van der Waals surface area contributed by atoms with Crippen molar-refractivity contribution in [3.8, 4) is 0 Å². The van der Waals surface area contributed by atoms with Crippen LogP contribution in [0, 0.1) is 12.7 Å². The summed E-state index contributed by atoms with van der Waals surface area (Å²) < 4.78 is 14.3. The number of rotatable bonds is 4. The number of para-hydroxylation sites is 1. The minimum atomic E-state index is -0.323. The zero-order chi connectivity index (χ0) is 18.0. The van der Waals surface area contributed by atoms with Gasteiger partial charge in [-0.2, -0.15) is 0 Å². The summed E-state index contributed by atoms with van der Waals surface area (Å²) in [5.41, 5.74) is 2.08. The lowest BCUT2D eigenvalue weighted by Crippen LogP contribution is -2.21. The van der Waals surface area contributed by atoms with Gasteiger partial charge in [0.15, 0.2) is 0 Å². The van der Waals surface area contributed by atoms with Crippen LogP contribution in [0.3, 0.4) is 0 Å². The molecule has 2 N–H and O–H groups in total. The highest BCUT2D eigenvalue weighted by molar-refractivity contribution is 7.21. The minimum absolute atomic E-state index is 0.129. The lowest BCUT2D eigenvalue weighted by molar-refractivity contribution is -0.119. The van der Waals surface area contributed by atoms with Gasteiger partial charge < -0.3 is 10.6 Å². The number of nitrogens with one attached hydrogen (secondary N) is 2. The van der Waals surface area contributed by atoms with Gasteiger partial charge in [-0.25, -0.2) is 4.39 Å². The van der Waals surface area contributed by atoms with Crippen molar-refractivity contribution < 1.29 is 14.0 Å². The van der Waals surface area contributed by atoms with Crippen molar-refractivity contribution in [2.45, 2.75) is 13.3 Å². The molecular weight excluding hydrogens is 339 g/mol. The van der Waals surface area contributed by atoms with E-state index in [4.69, 9.17) is 0 Å². The summed E-state index contributed by atoms with van der Waals surface area (Å²) in [5.74, 6) is -0.713. The average Bonchev–Trinajstić information content (AvgIpc) is 2.93. The largest absolute Gasteiger partial charge is 0.359 e. The van der Waals surface area contributed by atoms with Crippen LogP contribution in [0.1, 0.15) is 20.8 Å². The van der Waals surface area contributed by atoms with Gasteiger partial charge in [0.2, 0.25) is 5.91 Å². The van der Waals surface area contributed by atoms with Gasteiger partial charge in [0.1, 0.15) is 5.82 Å². The van der Waals surface area contributed by atoms with Crippen LogP contribution in [-0.4, -0.2) is 18.9 Å². The molecule has 0 fully saturated rings. The number of hydrogen-bond acceptors (Lipinski definition) is 3. The summed E-state index contributed by atoms with van der Waals surface area (Å²) in [6.07, 6.45) is 0.184. The molecule has 3 rings (SSSR count). The fourth-order valence-electron chi connectivity index (χ4n) is 2.65. The van der Waals surface area contributed by atoms with Crippen LogP contribution in [0.25, 0.3) is 10.1 Å². The standard InChI is InChI=1S/C19H17FN2O2S/c1-11-14-10-13(20)7-8-16(14)25-18(11)19(24)22-15-6-4-3-5-12(15)9-17(23)21-2/h3-8,10H,9H2,1-2H3,(H,21,23)(H,22,24). The number of carbonyl (C=O) groups excluding carboxylic acids is 2. The molecule has 0 spiro atoms. The second-order valence-corrected chi connectivity index (χ2v) is 6.71. The van der Waals surface area contributed by atoms with Crippen LogP contribution in [-0.2, 0) is 11.2 Å². The molecule has 1 aromatic heterocycles. The van der Waals surface area contributed by atoms with Crippen molar-refractivity contribution in [1.82, 2.24) is 5.32 Å². The van der Waals surface area contributed by atoms with Crippen LogP contribution < -0.4 is 10.6 Å². The van der Waals surface area contributed by atoms with Crippen molar-refractivity contribution in [3.05, 3.63) is 64.3 Å². The zero-order valence-electron chi connectivity index (χ0n) is 13.9. The van der Waals surface area contributed by atoms with E-state index in [1.807, 2.05) is 13.0 Å². The lowest BCUT2D eigenvalue weighted by atomic mass is 10.1. The first-order chi connectivity index (χ1) is 12.0. The Hall–Kier alpha value is -2.73. The van der Waals surface area contributed by atoms with E-state index in [1.54, 1.807) is 31.3 Å². The normalized spacial score (nSPS) is 10.7. The van der Waals surface area contributed by atoms with E-state index in [2.05, 4.69) is 10.6 Å². The van der Waals surface area contributed by atoms with Gasteiger partial charge in [-0.1, -0.05) is 18.2 Å². The minimum Gasteiger partial charge on any atom is -0.359 e. The zero-order valence-corrected chi connectivity index (χ0v) is 14.7. The predicted octanol–water partition coefficient (Wildman–Crippen LogP) is 3.89. The number of benzene rings is 2. The molecule has 0 aliphatic heterocycles. The maximum Gasteiger partial charge on any atom is 0.266 e. The summed E-state index contributed by atoms with van der Waals surface area (Å²) in [6.45, 7) is 1.81. The smallest absolute Gasteiger partial charge is 0.266 e. The van der Waals surface area contributed by atoms with Crippen molar-refractivity contribution in [1.29, 1.82) is 0 Å². The van der Waals surface area contributed by atoms with E-state index in [0.717, 1.165) is 21.2 Å². The van der Waals surface area contributed by atoms with E-state index in [9.17, 15) is 14.0 Å². The first-order valence-electron chi connectivity index (χ1n) is 7.78. The highest BCUT2D eigenvalue weighted by Gasteiger charge is 2.17. The fourth-order valence-corrected chi connectivity index (χ4v) is 3.73. The van der Waals surface area contributed by atoms with Gasteiger partial charge in [-0.05, 0) is 47.7 Å². The number of hydrogen-bond donors (Lipinski definition) is 2. The molecule has 2 aromatic carbocycles. The molecule has 0 unspecified atom stereocenters. The van der Waals surface area contributed by atoms with Gasteiger partial charge in [0, 0.05) is 17.4 Å². The molecule has 0 radical (unpaired) electrons. The second kappa shape index (κ2) is 7.03. The van der Waals surface area contributed by atoms with E-state index in [-0.39, 0.29) is 24.1 Å². The number of amides is 2. The molecule has 6 heteroatoms. The third-order valence-corrected chi connectivity index (χ3v) is 5.27. The molecule has 0 aliphatic rings. The van der Waals surface area contributed by atoms with Crippen LogP contribution in [0.4, 0.5) is 10.1 Å². The van der Waals surface area contributed by atoms with Crippen LogP contribution >= 0.6 is 11.3 Å². The quantitative estimate of drug-likeness (QED) is 0.745. The molecule has 3 aromatic rings. The second-order valence-electron chi connectivity index (χ2n) is 5.66. The topological polar surface area (TPSA) is 58.2 Å². The third-order valence-electron chi connectivity index (χ3n) is 4.00. The Labute approximate surface area is 148 Å². The molecule has 1 heterocycles. The van der Waals surface area contributed by atoms with Crippen LogP contribution in [0.2, 0.25) is 0 Å². The van der Waals surface area contributed by atoms with E-state index >= 15 is 0 Å². The van der Waals surface area contributed by atoms with Gasteiger partial charge in [-0.3, -0.25) is 9.59 Å². The number of aryl methyl sites for hydroxylation is 1. The number of fused-ring (bicyclic) bond motifs is 1. The Balaban J connectivity index is 1.91. The van der Waals surface area contributed by atoms with Crippen molar-refractivity contribution in [3.63, 3.8) is 0 Å². The fraction of sp³-hybridized carbons (Fsp3) is 0.158. The Morgan fingerprint density at radius 1 is 1.16 bits per heavy atom. The Morgan fingerprint density at radius 3 is 2.68 bits per heavy atom. The van der Waals surface area contributed by atoms with E-state index in [1.165, 1.54) is 23.5 Å². The van der Waals surface area contributed by atoms with Crippen molar-refractivity contribution in [2.75, 3.05) is 12.4 Å². The molecule has 0 aliphatic carbocycles. The van der Waals surface area contributed by atoms with Crippen molar-refractivity contribution >= 4 is 38.9 Å². The molecule has 0 saturated heterocycles. The molecule has 0 atom stereocenters. The molecule has 2 amide bonds. The summed E-state index contributed by atoms with van der Waals surface area (Å²) in [6, 6.07) is 11.7. The number of carbonyl (C=O) groups is 2. The molecule has 25 heavy (non-hydrogen) atoms.